The lowest BCUT2D eigenvalue weighted by Gasteiger charge is -2.26. The fraction of sp³-hybridized carbons (Fsp3) is 0.286. The summed E-state index contributed by atoms with van der Waals surface area (Å²) in [5.41, 5.74) is 1.80. The van der Waals surface area contributed by atoms with Crippen LogP contribution >= 0.6 is 11.3 Å². The maximum atomic E-state index is 12.6. The summed E-state index contributed by atoms with van der Waals surface area (Å²) in [6.07, 6.45) is 2.94. The Morgan fingerprint density at radius 3 is 2.56 bits per heavy atom. The molecular weight excluding hydrogens is 360 g/mol. The Bertz CT molecular complexity index is 998. The van der Waals surface area contributed by atoms with E-state index in [1.807, 2.05) is 23.6 Å². The van der Waals surface area contributed by atoms with Gasteiger partial charge >= 0.3 is 5.97 Å². The normalized spacial score (nSPS) is 19.7. The van der Waals surface area contributed by atoms with Crippen molar-refractivity contribution < 1.29 is 14.7 Å². The minimum atomic E-state index is -0.883. The number of amides is 1. The van der Waals surface area contributed by atoms with Crippen molar-refractivity contribution in [3.05, 3.63) is 47.8 Å². The van der Waals surface area contributed by atoms with Crippen molar-refractivity contribution in [3.8, 4) is 11.3 Å². The third-order valence-corrected chi connectivity index (χ3v) is 5.96. The predicted octanol–water partition coefficient (Wildman–Crippen LogP) is 4.79. The van der Waals surface area contributed by atoms with E-state index in [1.165, 1.54) is 16.7 Å². The molecule has 1 aliphatic carbocycles. The summed E-state index contributed by atoms with van der Waals surface area (Å²) >= 11 is 1.36. The van der Waals surface area contributed by atoms with Crippen LogP contribution in [0.1, 0.15) is 25.7 Å². The quantitative estimate of drug-likeness (QED) is 0.682. The van der Waals surface area contributed by atoms with Crippen molar-refractivity contribution >= 4 is 39.1 Å². The number of fused-ring (bicyclic) bond motifs is 1. The molecule has 0 aliphatic heterocycles. The van der Waals surface area contributed by atoms with Crippen molar-refractivity contribution in [2.24, 2.45) is 11.8 Å². The lowest BCUT2D eigenvalue weighted by molar-refractivity contribution is -0.147. The standard InChI is InChI=1S/C21H20N2O3S/c24-19(16-7-3-4-8-17(16)20(25)26)23-21-22-18(12-27-21)15-10-9-13-5-1-2-6-14(13)11-15/h1-2,5-6,9-12,16-17H,3-4,7-8H2,(H,25,26)(H,22,23,24)/t16-,17-/m0/s1. The number of benzene rings is 2. The number of carboxylic acid groups (broad SMARTS) is 1. The van der Waals surface area contributed by atoms with Gasteiger partial charge in [0.05, 0.1) is 17.5 Å². The summed E-state index contributed by atoms with van der Waals surface area (Å²) in [5.74, 6) is -2.20. The number of carbonyl (C=O) groups is 2. The number of hydrogen-bond acceptors (Lipinski definition) is 4. The summed E-state index contributed by atoms with van der Waals surface area (Å²) in [7, 11) is 0. The predicted molar refractivity (Wildman–Crippen MR) is 107 cm³/mol. The largest absolute Gasteiger partial charge is 0.481 e. The summed E-state index contributed by atoms with van der Waals surface area (Å²) in [5, 5.41) is 16.9. The van der Waals surface area contributed by atoms with E-state index in [-0.39, 0.29) is 5.91 Å². The second-order valence-electron chi connectivity index (χ2n) is 6.92. The molecule has 2 atom stereocenters. The lowest BCUT2D eigenvalue weighted by atomic mass is 9.79. The van der Waals surface area contributed by atoms with Crippen LogP contribution in [0.3, 0.4) is 0 Å². The van der Waals surface area contributed by atoms with Crippen LogP contribution in [0.5, 0.6) is 0 Å². The Morgan fingerprint density at radius 1 is 1.04 bits per heavy atom. The minimum absolute atomic E-state index is 0.235. The SMILES string of the molecule is O=C(O)[C@H]1CCCC[C@@H]1C(=O)Nc1nc(-c2ccc3ccccc3c2)cs1. The first-order valence-electron chi connectivity index (χ1n) is 9.10. The van der Waals surface area contributed by atoms with E-state index in [4.69, 9.17) is 0 Å². The molecule has 138 valence electrons. The molecule has 1 aromatic heterocycles. The highest BCUT2D eigenvalue weighted by atomic mass is 32.1. The molecule has 1 aliphatic rings. The maximum Gasteiger partial charge on any atom is 0.307 e. The van der Waals surface area contributed by atoms with Crippen LogP contribution in [0.25, 0.3) is 22.0 Å². The summed E-state index contributed by atoms with van der Waals surface area (Å²) < 4.78 is 0. The molecule has 1 saturated carbocycles. The lowest BCUT2D eigenvalue weighted by Crippen LogP contribution is -2.36. The molecule has 0 unspecified atom stereocenters. The van der Waals surface area contributed by atoms with Gasteiger partial charge in [-0.3, -0.25) is 9.59 Å². The number of carbonyl (C=O) groups excluding carboxylic acids is 1. The zero-order valence-electron chi connectivity index (χ0n) is 14.7. The van der Waals surface area contributed by atoms with Crippen molar-refractivity contribution in [2.45, 2.75) is 25.7 Å². The Hall–Kier alpha value is -2.73. The van der Waals surface area contributed by atoms with E-state index in [2.05, 4.69) is 34.6 Å². The first-order valence-corrected chi connectivity index (χ1v) is 9.98. The molecule has 2 N–H and O–H groups in total. The highest BCUT2D eigenvalue weighted by molar-refractivity contribution is 7.14. The van der Waals surface area contributed by atoms with Gasteiger partial charge in [0, 0.05) is 10.9 Å². The number of nitrogens with zero attached hydrogens (tertiary/aromatic N) is 1. The number of hydrogen-bond donors (Lipinski definition) is 2. The van der Waals surface area contributed by atoms with Gasteiger partial charge in [-0.2, -0.15) is 0 Å². The van der Waals surface area contributed by atoms with Crippen LogP contribution < -0.4 is 5.32 Å². The Kier molecular flexibility index (Phi) is 4.90. The average Bonchev–Trinajstić information content (AvgIpc) is 3.16. The maximum absolute atomic E-state index is 12.6. The molecule has 5 nitrogen and oxygen atoms in total. The van der Waals surface area contributed by atoms with E-state index in [0.717, 1.165) is 29.5 Å². The molecule has 0 bridgehead atoms. The van der Waals surface area contributed by atoms with Gasteiger partial charge < -0.3 is 10.4 Å². The monoisotopic (exact) mass is 380 g/mol. The zero-order valence-corrected chi connectivity index (χ0v) is 15.5. The second kappa shape index (κ2) is 7.48. The molecule has 3 aromatic rings. The molecule has 27 heavy (non-hydrogen) atoms. The fourth-order valence-corrected chi connectivity index (χ4v) is 4.47. The number of anilines is 1. The van der Waals surface area contributed by atoms with Crippen molar-refractivity contribution in [1.82, 2.24) is 4.98 Å². The number of aliphatic carboxylic acids is 1. The first-order chi connectivity index (χ1) is 13.1. The minimum Gasteiger partial charge on any atom is -0.481 e. The van der Waals surface area contributed by atoms with E-state index >= 15 is 0 Å². The van der Waals surface area contributed by atoms with Crippen molar-refractivity contribution in [1.29, 1.82) is 0 Å². The Labute approximate surface area is 161 Å². The van der Waals surface area contributed by atoms with E-state index < -0.39 is 17.8 Å². The van der Waals surface area contributed by atoms with Gasteiger partial charge in [-0.15, -0.1) is 11.3 Å². The molecule has 1 heterocycles. The molecular formula is C21H20N2O3S. The molecule has 2 aromatic carbocycles. The topological polar surface area (TPSA) is 79.3 Å². The molecule has 1 fully saturated rings. The zero-order chi connectivity index (χ0) is 18.8. The number of rotatable bonds is 4. The highest BCUT2D eigenvalue weighted by Gasteiger charge is 2.35. The molecule has 0 spiro atoms. The number of aromatic nitrogens is 1. The Morgan fingerprint density at radius 2 is 1.78 bits per heavy atom. The molecule has 0 saturated heterocycles. The first kappa shape index (κ1) is 17.7. The average molecular weight is 380 g/mol. The summed E-state index contributed by atoms with van der Waals surface area (Å²) in [4.78, 5) is 28.6. The van der Waals surface area contributed by atoms with E-state index in [1.54, 1.807) is 0 Å². The smallest absolute Gasteiger partial charge is 0.307 e. The fourth-order valence-electron chi connectivity index (χ4n) is 3.75. The van der Waals surface area contributed by atoms with Gasteiger partial charge in [-0.25, -0.2) is 4.98 Å². The van der Waals surface area contributed by atoms with Crippen LogP contribution in [0.4, 0.5) is 5.13 Å². The second-order valence-corrected chi connectivity index (χ2v) is 7.78. The number of carboxylic acids is 1. The molecule has 4 rings (SSSR count). The molecule has 0 radical (unpaired) electrons. The van der Waals surface area contributed by atoms with Crippen molar-refractivity contribution in [3.63, 3.8) is 0 Å². The summed E-state index contributed by atoms with van der Waals surface area (Å²) in [6, 6.07) is 14.3. The van der Waals surface area contributed by atoms with Gasteiger partial charge in [0.2, 0.25) is 5.91 Å². The van der Waals surface area contributed by atoms with Crippen LogP contribution in [0.15, 0.2) is 47.8 Å². The number of nitrogens with one attached hydrogen (secondary N) is 1. The molecule has 1 amide bonds. The third-order valence-electron chi connectivity index (χ3n) is 5.20. The van der Waals surface area contributed by atoms with Gasteiger partial charge in [0.1, 0.15) is 0 Å². The van der Waals surface area contributed by atoms with Crippen LogP contribution in [0, 0.1) is 11.8 Å². The van der Waals surface area contributed by atoms with E-state index in [0.29, 0.717) is 18.0 Å². The van der Waals surface area contributed by atoms with Crippen LogP contribution in [-0.4, -0.2) is 22.0 Å². The number of thiazole rings is 1. The van der Waals surface area contributed by atoms with Gasteiger partial charge in [0.15, 0.2) is 5.13 Å². The van der Waals surface area contributed by atoms with Crippen molar-refractivity contribution in [2.75, 3.05) is 5.32 Å². The molecule has 6 heteroatoms. The van der Waals surface area contributed by atoms with Crippen LogP contribution in [-0.2, 0) is 9.59 Å². The van der Waals surface area contributed by atoms with Gasteiger partial charge in [-0.05, 0) is 29.7 Å². The van der Waals surface area contributed by atoms with Gasteiger partial charge in [0.25, 0.3) is 0 Å². The third kappa shape index (κ3) is 3.71. The Balaban J connectivity index is 1.51. The van der Waals surface area contributed by atoms with Gasteiger partial charge in [-0.1, -0.05) is 49.2 Å². The van der Waals surface area contributed by atoms with Crippen LogP contribution in [0.2, 0.25) is 0 Å². The summed E-state index contributed by atoms with van der Waals surface area (Å²) in [6.45, 7) is 0. The van der Waals surface area contributed by atoms with E-state index in [9.17, 15) is 14.7 Å². The highest BCUT2D eigenvalue weighted by Crippen LogP contribution is 2.32.